The third kappa shape index (κ3) is 5.31. The molecule has 23 heavy (non-hydrogen) atoms. The first-order chi connectivity index (χ1) is 10.9. The van der Waals surface area contributed by atoms with Crippen LogP contribution in [0.3, 0.4) is 0 Å². The molecule has 0 radical (unpaired) electrons. The lowest BCUT2D eigenvalue weighted by atomic mass is 10.1. The number of methoxy groups -OCH3 is 2. The molecule has 0 aromatic heterocycles. The first kappa shape index (κ1) is 19.1. The first-order valence-electron chi connectivity index (χ1n) is 7.28. The zero-order valence-corrected chi connectivity index (χ0v) is 15.0. The lowest BCUT2D eigenvalue weighted by Crippen LogP contribution is -2.15. The molecule has 0 unspecified atom stereocenters. The summed E-state index contributed by atoms with van der Waals surface area (Å²) in [6.07, 6.45) is 2.31. The van der Waals surface area contributed by atoms with E-state index in [1.54, 1.807) is 12.1 Å². The van der Waals surface area contributed by atoms with E-state index >= 15 is 0 Å². The molecule has 0 saturated heterocycles. The summed E-state index contributed by atoms with van der Waals surface area (Å²) in [6, 6.07) is 3.35. The monoisotopic (exact) mass is 344 g/mol. The third-order valence-corrected chi connectivity index (χ3v) is 3.22. The molecule has 1 aliphatic heterocycles. The van der Waals surface area contributed by atoms with Gasteiger partial charge in [0, 0.05) is 0 Å². The summed E-state index contributed by atoms with van der Waals surface area (Å²) < 4.78 is 41.3. The van der Waals surface area contributed by atoms with Gasteiger partial charge in [0.1, 0.15) is 12.3 Å². The standard InChI is InChI=1S/C12H16N2O5S.C3H8/c1-17-9-5-4-8(12-13-6-7-19-12)10(11(9)18-2)14-20(3,15)16;1-3-2/h4-5,14H,6-7H2,1-3H3;3H2,1-2H3. The van der Waals surface area contributed by atoms with Crippen LogP contribution in [0.4, 0.5) is 5.69 Å². The molecule has 0 fully saturated rings. The Hall–Kier alpha value is -1.96. The maximum absolute atomic E-state index is 11.5. The van der Waals surface area contributed by atoms with Crippen LogP contribution in [0, 0.1) is 0 Å². The van der Waals surface area contributed by atoms with Gasteiger partial charge in [-0.05, 0) is 12.1 Å². The highest BCUT2D eigenvalue weighted by Crippen LogP contribution is 2.39. The minimum absolute atomic E-state index is 0.259. The number of benzene rings is 1. The van der Waals surface area contributed by atoms with Crippen molar-refractivity contribution < 1.29 is 22.6 Å². The van der Waals surface area contributed by atoms with Crippen LogP contribution in [-0.2, 0) is 14.8 Å². The quantitative estimate of drug-likeness (QED) is 0.885. The Labute approximate surface area is 137 Å². The summed E-state index contributed by atoms with van der Waals surface area (Å²) in [4.78, 5) is 4.19. The number of hydrogen-bond donors (Lipinski definition) is 1. The van der Waals surface area contributed by atoms with Crippen LogP contribution in [-0.4, -0.2) is 47.9 Å². The number of hydrogen-bond acceptors (Lipinski definition) is 6. The Balaban J connectivity index is 0.000000816. The van der Waals surface area contributed by atoms with Crippen molar-refractivity contribution in [2.75, 3.05) is 38.3 Å². The highest BCUT2D eigenvalue weighted by Gasteiger charge is 2.23. The summed E-state index contributed by atoms with van der Waals surface area (Å²) in [6.45, 7) is 5.27. The maximum Gasteiger partial charge on any atom is 0.229 e. The van der Waals surface area contributed by atoms with Crippen LogP contribution in [0.25, 0.3) is 0 Å². The normalized spacial score (nSPS) is 13.3. The predicted octanol–water partition coefficient (Wildman–Crippen LogP) is 2.27. The smallest absolute Gasteiger partial charge is 0.229 e. The van der Waals surface area contributed by atoms with E-state index in [4.69, 9.17) is 14.2 Å². The van der Waals surface area contributed by atoms with Crippen molar-refractivity contribution in [1.82, 2.24) is 0 Å². The van der Waals surface area contributed by atoms with E-state index in [1.165, 1.54) is 20.6 Å². The molecular weight excluding hydrogens is 320 g/mol. The second-order valence-electron chi connectivity index (χ2n) is 4.84. The van der Waals surface area contributed by atoms with Crippen molar-refractivity contribution in [3.63, 3.8) is 0 Å². The van der Waals surface area contributed by atoms with E-state index in [1.807, 2.05) is 0 Å². The second-order valence-corrected chi connectivity index (χ2v) is 6.59. The molecule has 1 N–H and O–H groups in total. The van der Waals surface area contributed by atoms with Crippen LogP contribution < -0.4 is 14.2 Å². The summed E-state index contributed by atoms with van der Waals surface area (Å²) in [5.41, 5.74) is 0.778. The topological polar surface area (TPSA) is 86.2 Å². The highest BCUT2D eigenvalue weighted by atomic mass is 32.2. The molecule has 0 aliphatic carbocycles. The molecule has 0 atom stereocenters. The van der Waals surface area contributed by atoms with Crippen molar-refractivity contribution in [2.45, 2.75) is 20.3 Å². The van der Waals surface area contributed by atoms with Crippen molar-refractivity contribution in [3.05, 3.63) is 17.7 Å². The van der Waals surface area contributed by atoms with Gasteiger partial charge in [0.2, 0.25) is 15.9 Å². The van der Waals surface area contributed by atoms with Gasteiger partial charge in [0.25, 0.3) is 0 Å². The molecule has 1 aromatic carbocycles. The van der Waals surface area contributed by atoms with Gasteiger partial charge in [-0.15, -0.1) is 0 Å². The molecule has 8 heteroatoms. The van der Waals surface area contributed by atoms with Gasteiger partial charge in [0.05, 0.1) is 32.6 Å². The van der Waals surface area contributed by atoms with Gasteiger partial charge in [-0.3, -0.25) is 4.72 Å². The Morgan fingerprint density at radius 2 is 1.91 bits per heavy atom. The van der Waals surface area contributed by atoms with Gasteiger partial charge in [0.15, 0.2) is 11.5 Å². The van der Waals surface area contributed by atoms with E-state index in [2.05, 4.69) is 23.6 Å². The largest absolute Gasteiger partial charge is 0.493 e. The second kappa shape index (κ2) is 8.61. The predicted molar refractivity (Wildman–Crippen MR) is 91.3 cm³/mol. The van der Waals surface area contributed by atoms with E-state index in [-0.39, 0.29) is 11.4 Å². The number of aliphatic imine (C=N–C) groups is 1. The van der Waals surface area contributed by atoms with Crippen LogP contribution in [0.15, 0.2) is 17.1 Å². The summed E-state index contributed by atoms with van der Waals surface area (Å²) in [5.74, 6) is 1.09. The Bertz CT molecular complexity index is 656. The molecule has 0 amide bonds. The minimum atomic E-state index is -3.48. The minimum Gasteiger partial charge on any atom is -0.493 e. The summed E-state index contributed by atoms with van der Waals surface area (Å²) in [7, 11) is -0.568. The number of rotatable bonds is 5. The fraction of sp³-hybridized carbons (Fsp3) is 0.533. The summed E-state index contributed by atoms with van der Waals surface area (Å²) in [5, 5.41) is 0. The SMILES string of the molecule is CCC.COc1ccc(C2=NCCO2)c(NS(C)(=O)=O)c1OC. The fourth-order valence-electron chi connectivity index (χ4n) is 1.89. The fourth-order valence-corrected chi connectivity index (χ4v) is 2.46. The van der Waals surface area contributed by atoms with Crippen molar-refractivity contribution in [3.8, 4) is 11.5 Å². The van der Waals surface area contributed by atoms with Crippen LogP contribution in [0.2, 0.25) is 0 Å². The van der Waals surface area contributed by atoms with Crippen molar-refractivity contribution in [1.29, 1.82) is 0 Å². The molecule has 1 aliphatic rings. The van der Waals surface area contributed by atoms with E-state index < -0.39 is 10.0 Å². The average Bonchev–Trinajstić information content (AvgIpc) is 3.00. The highest BCUT2D eigenvalue weighted by molar-refractivity contribution is 7.92. The van der Waals surface area contributed by atoms with Gasteiger partial charge in [-0.25, -0.2) is 13.4 Å². The third-order valence-electron chi connectivity index (χ3n) is 2.65. The lowest BCUT2D eigenvalue weighted by molar-refractivity contribution is 0.346. The van der Waals surface area contributed by atoms with Gasteiger partial charge < -0.3 is 14.2 Å². The molecule has 130 valence electrons. The number of anilines is 1. The van der Waals surface area contributed by atoms with E-state index in [9.17, 15) is 8.42 Å². The molecule has 1 aromatic rings. The first-order valence-corrected chi connectivity index (χ1v) is 9.17. The Morgan fingerprint density at radius 3 is 2.35 bits per heavy atom. The van der Waals surface area contributed by atoms with Crippen LogP contribution >= 0.6 is 0 Å². The molecule has 0 spiro atoms. The molecule has 2 rings (SSSR count). The lowest BCUT2D eigenvalue weighted by Gasteiger charge is -2.17. The van der Waals surface area contributed by atoms with Crippen molar-refractivity contribution in [2.24, 2.45) is 4.99 Å². The van der Waals surface area contributed by atoms with E-state index in [0.29, 0.717) is 30.4 Å². The molecular formula is C15H24N2O5S. The Kier molecular flexibility index (Phi) is 7.15. The van der Waals surface area contributed by atoms with Crippen molar-refractivity contribution >= 4 is 21.6 Å². The Morgan fingerprint density at radius 1 is 1.26 bits per heavy atom. The maximum atomic E-state index is 11.5. The molecule has 1 heterocycles. The molecule has 0 bridgehead atoms. The zero-order valence-electron chi connectivity index (χ0n) is 14.2. The molecule has 7 nitrogen and oxygen atoms in total. The summed E-state index contributed by atoms with van der Waals surface area (Å²) >= 11 is 0. The van der Waals surface area contributed by atoms with Crippen LogP contribution in [0.1, 0.15) is 25.8 Å². The van der Waals surface area contributed by atoms with E-state index in [0.717, 1.165) is 6.26 Å². The van der Waals surface area contributed by atoms with Crippen LogP contribution in [0.5, 0.6) is 11.5 Å². The number of nitrogens with zero attached hydrogens (tertiary/aromatic N) is 1. The van der Waals surface area contributed by atoms with Gasteiger partial charge in [-0.1, -0.05) is 20.3 Å². The average molecular weight is 344 g/mol. The van der Waals surface area contributed by atoms with Gasteiger partial charge in [-0.2, -0.15) is 0 Å². The molecule has 0 saturated carbocycles. The van der Waals surface area contributed by atoms with Gasteiger partial charge >= 0.3 is 0 Å². The number of nitrogens with one attached hydrogen (secondary N) is 1. The number of sulfonamides is 1. The number of ether oxygens (including phenoxy) is 3. The zero-order chi connectivity index (χ0) is 17.5.